The Balaban J connectivity index is 2.66. The molecular formula is C13H12F3NO2. The Kier molecular flexibility index (Phi) is 3.50. The zero-order valence-electron chi connectivity index (χ0n) is 10.2. The van der Waals surface area contributed by atoms with E-state index in [1.54, 1.807) is 6.07 Å². The Morgan fingerprint density at radius 1 is 1.32 bits per heavy atom. The molecule has 0 aliphatic carbocycles. The van der Waals surface area contributed by atoms with Gasteiger partial charge in [0.25, 0.3) is 0 Å². The number of fused-ring (bicyclic) bond motifs is 1. The maximum Gasteiger partial charge on any atom is 0.431 e. The highest BCUT2D eigenvalue weighted by molar-refractivity contribution is 5.84. The summed E-state index contributed by atoms with van der Waals surface area (Å²) < 4.78 is 43.4. The summed E-state index contributed by atoms with van der Waals surface area (Å²) in [4.78, 5) is 13.9. The van der Waals surface area contributed by atoms with Crippen LogP contribution < -0.4 is 10.2 Å². The fourth-order valence-electron chi connectivity index (χ4n) is 1.73. The summed E-state index contributed by atoms with van der Waals surface area (Å²) >= 11 is 0. The fourth-order valence-corrected chi connectivity index (χ4v) is 1.73. The lowest BCUT2D eigenvalue weighted by Gasteiger charge is -2.11. The molecule has 0 aliphatic rings. The van der Waals surface area contributed by atoms with Crippen molar-refractivity contribution in [2.45, 2.75) is 19.5 Å². The van der Waals surface area contributed by atoms with Crippen LogP contribution in [0.1, 0.15) is 19.0 Å². The number of pyridine rings is 1. The molecule has 0 fully saturated rings. The van der Waals surface area contributed by atoms with Gasteiger partial charge in [0.1, 0.15) is 11.4 Å². The number of rotatable bonds is 3. The third-order valence-electron chi connectivity index (χ3n) is 2.59. The minimum Gasteiger partial charge on any atom is -0.491 e. The molecule has 2 aromatic rings. The van der Waals surface area contributed by atoms with Gasteiger partial charge in [0, 0.05) is 11.5 Å². The Morgan fingerprint density at radius 2 is 2.05 bits per heavy atom. The zero-order chi connectivity index (χ0) is 14.0. The summed E-state index contributed by atoms with van der Waals surface area (Å²) in [5.74, 6) is 0.252. The molecule has 19 heavy (non-hydrogen) atoms. The summed E-state index contributed by atoms with van der Waals surface area (Å²) in [5, 5.41) is 0.182. The number of ether oxygens (including phenoxy) is 1. The molecule has 0 saturated heterocycles. The van der Waals surface area contributed by atoms with Crippen LogP contribution in [0.2, 0.25) is 0 Å². The molecule has 0 aliphatic heterocycles. The molecule has 1 N–H and O–H groups in total. The number of H-pyrrole nitrogens is 1. The summed E-state index contributed by atoms with van der Waals surface area (Å²) in [6.45, 7) is 2.26. The molecule has 0 radical (unpaired) electrons. The van der Waals surface area contributed by atoms with Crippen LogP contribution in [0.5, 0.6) is 5.75 Å². The topological polar surface area (TPSA) is 42.1 Å². The molecule has 0 saturated carbocycles. The lowest BCUT2D eigenvalue weighted by Crippen LogP contribution is -2.14. The summed E-state index contributed by atoms with van der Waals surface area (Å²) in [5.41, 5.74) is -1.67. The van der Waals surface area contributed by atoms with Gasteiger partial charge in [0.05, 0.1) is 12.1 Å². The second-order valence-corrected chi connectivity index (χ2v) is 4.07. The third-order valence-corrected chi connectivity index (χ3v) is 2.59. The van der Waals surface area contributed by atoms with E-state index >= 15 is 0 Å². The fraction of sp³-hybridized carbons (Fsp3) is 0.308. The molecule has 2 rings (SSSR count). The predicted octanol–water partition coefficient (Wildman–Crippen LogP) is 3.34. The maximum atomic E-state index is 12.7. The highest BCUT2D eigenvalue weighted by atomic mass is 19.4. The van der Waals surface area contributed by atoms with Crippen molar-refractivity contribution in [3.8, 4) is 5.75 Å². The minimum atomic E-state index is -4.59. The number of nitrogens with one attached hydrogen (secondary N) is 1. The van der Waals surface area contributed by atoms with E-state index < -0.39 is 17.3 Å². The molecule has 0 unspecified atom stereocenters. The molecule has 1 heterocycles. The zero-order valence-corrected chi connectivity index (χ0v) is 10.2. The van der Waals surface area contributed by atoms with Gasteiger partial charge in [0.15, 0.2) is 5.43 Å². The number of aromatic nitrogens is 1. The number of para-hydroxylation sites is 1. The standard InChI is InChI=1S/C13H12F3NO2/c1-2-6-19-10-5-3-4-8-9(18)7-11(13(14,15)16)17-12(8)10/h3-5,7H,2,6H2,1H3,(H,17,18). The van der Waals surface area contributed by atoms with Crippen molar-refractivity contribution in [1.82, 2.24) is 4.98 Å². The molecule has 0 bridgehead atoms. The van der Waals surface area contributed by atoms with Crippen LogP contribution in [0, 0.1) is 0 Å². The van der Waals surface area contributed by atoms with Gasteiger partial charge in [0.2, 0.25) is 0 Å². The molecular weight excluding hydrogens is 259 g/mol. The lowest BCUT2D eigenvalue weighted by atomic mass is 10.1. The lowest BCUT2D eigenvalue weighted by molar-refractivity contribution is -0.141. The number of benzene rings is 1. The van der Waals surface area contributed by atoms with Gasteiger partial charge in [-0.05, 0) is 18.6 Å². The first-order valence-corrected chi connectivity index (χ1v) is 5.79. The van der Waals surface area contributed by atoms with E-state index in [1.807, 2.05) is 6.92 Å². The summed E-state index contributed by atoms with van der Waals surface area (Å²) in [6.07, 6.45) is -3.87. The van der Waals surface area contributed by atoms with Gasteiger partial charge in [-0.3, -0.25) is 4.79 Å². The molecule has 0 amide bonds. The van der Waals surface area contributed by atoms with Gasteiger partial charge in [-0.2, -0.15) is 13.2 Å². The molecule has 0 atom stereocenters. The monoisotopic (exact) mass is 271 g/mol. The van der Waals surface area contributed by atoms with Crippen LogP contribution in [0.15, 0.2) is 29.1 Å². The van der Waals surface area contributed by atoms with Gasteiger partial charge < -0.3 is 9.72 Å². The van der Waals surface area contributed by atoms with Crippen LogP contribution in [0.3, 0.4) is 0 Å². The molecule has 3 nitrogen and oxygen atoms in total. The number of hydrogen-bond acceptors (Lipinski definition) is 2. The average molecular weight is 271 g/mol. The smallest absolute Gasteiger partial charge is 0.431 e. The van der Waals surface area contributed by atoms with E-state index in [4.69, 9.17) is 4.74 Å². The van der Waals surface area contributed by atoms with Gasteiger partial charge in [-0.15, -0.1) is 0 Å². The quantitative estimate of drug-likeness (QED) is 0.930. The molecule has 102 valence electrons. The van der Waals surface area contributed by atoms with Crippen molar-refractivity contribution in [3.63, 3.8) is 0 Å². The SMILES string of the molecule is CCCOc1cccc2c(=O)cc(C(F)(F)F)[nH]c12. The van der Waals surface area contributed by atoms with E-state index in [9.17, 15) is 18.0 Å². The Hall–Kier alpha value is -1.98. The first-order valence-electron chi connectivity index (χ1n) is 5.79. The first-order chi connectivity index (χ1) is 8.93. The second kappa shape index (κ2) is 4.95. The second-order valence-electron chi connectivity index (χ2n) is 4.07. The maximum absolute atomic E-state index is 12.7. The van der Waals surface area contributed by atoms with Crippen molar-refractivity contribution in [1.29, 1.82) is 0 Å². The predicted molar refractivity (Wildman–Crippen MR) is 65.4 cm³/mol. The number of hydrogen-bond donors (Lipinski definition) is 1. The highest BCUT2D eigenvalue weighted by Crippen LogP contribution is 2.30. The highest BCUT2D eigenvalue weighted by Gasteiger charge is 2.32. The number of alkyl halides is 3. The van der Waals surface area contributed by atoms with Crippen LogP contribution in [-0.4, -0.2) is 11.6 Å². The molecule has 0 spiro atoms. The van der Waals surface area contributed by atoms with E-state index in [0.29, 0.717) is 12.7 Å². The Labute approximate surface area is 107 Å². The first kappa shape index (κ1) is 13.5. The number of aromatic amines is 1. The van der Waals surface area contributed by atoms with Crippen molar-refractivity contribution in [3.05, 3.63) is 40.2 Å². The Bertz CT molecular complexity index is 646. The van der Waals surface area contributed by atoms with Gasteiger partial charge in [-0.25, -0.2) is 0 Å². The molecule has 6 heteroatoms. The van der Waals surface area contributed by atoms with Crippen molar-refractivity contribution in [2.75, 3.05) is 6.61 Å². The van der Waals surface area contributed by atoms with E-state index in [1.165, 1.54) is 12.1 Å². The summed E-state index contributed by atoms with van der Waals surface area (Å²) in [7, 11) is 0. The average Bonchev–Trinajstić information content (AvgIpc) is 2.35. The Morgan fingerprint density at radius 3 is 2.68 bits per heavy atom. The van der Waals surface area contributed by atoms with Crippen molar-refractivity contribution in [2.24, 2.45) is 0 Å². The third kappa shape index (κ3) is 2.72. The van der Waals surface area contributed by atoms with Crippen LogP contribution in [0.4, 0.5) is 13.2 Å². The molecule has 1 aromatic heterocycles. The van der Waals surface area contributed by atoms with E-state index in [2.05, 4.69) is 4.98 Å². The van der Waals surface area contributed by atoms with E-state index in [0.717, 1.165) is 6.42 Å². The summed E-state index contributed by atoms with van der Waals surface area (Å²) in [6, 6.07) is 5.14. The van der Waals surface area contributed by atoms with Crippen LogP contribution in [0.25, 0.3) is 10.9 Å². The van der Waals surface area contributed by atoms with Crippen molar-refractivity contribution < 1.29 is 17.9 Å². The minimum absolute atomic E-state index is 0.0794. The largest absolute Gasteiger partial charge is 0.491 e. The van der Waals surface area contributed by atoms with Crippen molar-refractivity contribution >= 4 is 10.9 Å². The van der Waals surface area contributed by atoms with Crippen LogP contribution in [-0.2, 0) is 6.18 Å². The van der Waals surface area contributed by atoms with Gasteiger partial charge in [-0.1, -0.05) is 13.0 Å². The van der Waals surface area contributed by atoms with Gasteiger partial charge >= 0.3 is 6.18 Å². The number of halogens is 3. The van der Waals surface area contributed by atoms with E-state index in [-0.39, 0.29) is 16.7 Å². The molecule has 1 aromatic carbocycles. The normalized spacial score (nSPS) is 11.8. The van der Waals surface area contributed by atoms with Crippen LogP contribution >= 0.6 is 0 Å².